The highest BCUT2D eigenvalue weighted by Crippen LogP contribution is 2.38. The number of carbonyl (C=O) groups excluding carboxylic acids is 1. The maximum atomic E-state index is 12.2. The molecule has 122 valence electrons. The third kappa shape index (κ3) is 4.16. The van der Waals surface area contributed by atoms with Crippen LogP contribution in [0.15, 0.2) is 40.9 Å². The van der Waals surface area contributed by atoms with Crippen molar-refractivity contribution in [3.05, 3.63) is 52.0 Å². The minimum Gasteiger partial charge on any atom is -0.493 e. The Balaban J connectivity index is 2.15. The summed E-state index contributed by atoms with van der Waals surface area (Å²) in [5, 5.41) is 2.87. The van der Waals surface area contributed by atoms with Gasteiger partial charge in [-0.3, -0.25) is 4.79 Å². The molecule has 0 saturated carbocycles. The summed E-state index contributed by atoms with van der Waals surface area (Å²) in [6, 6.07) is 10.8. The molecule has 0 aromatic heterocycles. The van der Waals surface area contributed by atoms with Crippen molar-refractivity contribution in [2.45, 2.75) is 6.54 Å². The van der Waals surface area contributed by atoms with E-state index in [2.05, 4.69) is 21.2 Å². The van der Waals surface area contributed by atoms with Crippen LogP contribution in [0, 0.1) is 0 Å². The Morgan fingerprint density at radius 3 is 2.22 bits per heavy atom. The van der Waals surface area contributed by atoms with Crippen LogP contribution in [0.5, 0.6) is 17.2 Å². The molecule has 2 aromatic rings. The first-order valence-corrected chi connectivity index (χ1v) is 7.71. The number of nitrogens with one attached hydrogen (secondary N) is 1. The van der Waals surface area contributed by atoms with Crippen LogP contribution in [0.1, 0.15) is 15.9 Å². The van der Waals surface area contributed by atoms with Gasteiger partial charge < -0.3 is 19.5 Å². The minimum absolute atomic E-state index is 0.153. The van der Waals surface area contributed by atoms with Gasteiger partial charge in [0.2, 0.25) is 5.75 Å². The average Bonchev–Trinajstić information content (AvgIpc) is 2.58. The molecule has 0 unspecified atom stereocenters. The Labute approximate surface area is 143 Å². The number of hydrogen-bond acceptors (Lipinski definition) is 4. The second-order valence-electron chi connectivity index (χ2n) is 4.73. The Bertz CT molecular complexity index is 678. The standard InChI is InChI=1S/C17H18BrNO4/c1-21-14-7-11(8-15(22-2)16(14)23-3)10-19-17(20)12-5-4-6-13(18)9-12/h4-9H,10H2,1-3H3,(H,19,20). The number of carbonyl (C=O) groups is 1. The van der Waals surface area contributed by atoms with E-state index in [1.165, 1.54) is 0 Å². The van der Waals surface area contributed by atoms with E-state index in [9.17, 15) is 4.79 Å². The van der Waals surface area contributed by atoms with Crippen molar-refractivity contribution < 1.29 is 19.0 Å². The summed E-state index contributed by atoms with van der Waals surface area (Å²) in [6.45, 7) is 0.349. The molecule has 0 bridgehead atoms. The van der Waals surface area contributed by atoms with Gasteiger partial charge in [0.05, 0.1) is 21.3 Å². The first kappa shape index (κ1) is 17.1. The van der Waals surface area contributed by atoms with E-state index in [4.69, 9.17) is 14.2 Å². The quantitative estimate of drug-likeness (QED) is 0.835. The lowest BCUT2D eigenvalue weighted by molar-refractivity contribution is 0.0950. The van der Waals surface area contributed by atoms with E-state index in [1.807, 2.05) is 24.3 Å². The highest BCUT2D eigenvalue weighted by molar-refractivity contribution is 9.10. The topological polar surface area (TPSA) is 56.8 Å². The van der Waals surface area contributed by atoms with E-state index in [0.29, 0.717) is 29.4 Å². The Morgan fingerprint density at radius 2 is 1.70 bits per heavy atom. The van der Waals surface area contributed by atoms with Gasteiger partial charge in [0.25, 0.3) is 5.91 Å². The second kappa shape index (κ2) is 7.87. The number of benzene rings is 2. The third-order valence-corrected chi connectivity index (χ3v) is 3.76. The first-order valence-electron chi connectivity index (χ1n) is 6.91. The van der Waals surface area contributed by atoms with Gasteiger partial charge in [-0.25, -0.2) is 0 Å². The third-order valence-electron chi connectivity index (χ3n) is 3.26. The maximum absolute atomic E-state index is 12.2. The smallest absolute Gasteiger partial charge is 0.251 e. The predicted octanol–water partition coefficient (Wildman–Crippen LogP) is 3.40. The van der Waals surface area contributed by atoms with Gasteiger partial charge in [-0.15, -0.1) is 0 Å². The van der Waals surface area contributed by atoms with Crippen LogP contribution in [0.2, 0.25) is 0 Å². The first-order chi connectivity index (χ1) is 11.1. The average molecular weight is 380 g/mol. The lowest BCUT2D eigenvalue weighted by Gasteiger charge is -2.14. The van der Waals surface area contributed by atoms with Crippen LogP contribution in [-0.2, 0) is 6.54 Å². The molecule has 0 spiro atoms. The molecular formula is C17H18BrNO4. The van der Waals surface area contributed by atoms with Crippen molar-refractivity contribution in [2.24, 2.45) is 0 Å². The van der Waals surface area contributed by atoms with Gasteiger partial charge in [-0.05, 0) is 35.9 Å². The number of hydrogen-bond donors (Lipinski definition) is 1. The van der Waals surface area contributed by atoms with Crippen LogP contribution in [0.3, 0.4) is 0 Å². The molecule has 0 saturated heterocycles. The Kier molecular flexibility index (Phi) is 5.87. The SMILES string of the molecule is COc1cc(CNC(=O)c2cccc(Br)c2)cc(OC)c1OC. The van der Waals surface area contributed by atoms with E-state index >= 15 is 0 Å². The fourth-order valence-corrected chi connectivity index (χ4v) is 2.55. The molecule has 1 amide bonds. The van der Waals surface area contributed by atoms with E-state index in [1.54, 1.807) is 33.5 Å². The van der Waals surface area contributed by atoms with Crippen LogP contribution in [0.4, 0.5) is 0 Å². The normalized spacial score (nSPS) is 10.1. The van der Waals surface area contributed by atoms with Gasteiger partial charge in [0.15, 0.2) is 11.5 Å². The van der Waals surface area contributed by atoms with E-state index in [-0.39, 0.29) is 5.91 Å². The second-order valence-corrected chi connectivity index (χ2v) is 5.64. The number of amides is 1. The summed E-state index contributed by atoms with van der Waals surface area (Å²) in [4.78, 5) is 12.2. The molecule has 5 nitrogen and oxygen atoms in total. The van der Waals surface area contributed by atoms with Gasteiger partial charge in [0.1, 0.15) is 0 Å². The molecular weight excluding hydrogens is 362 g/mol. The number of rotatable bonds is 6. The highest BCUT2D eigenvalue weighted by Gasteiger charge is 2.14. The maximum Gasteiger partial charge on any atom is 0.251 e. The van der Waals surface area contributed by atoms with Gasteiger partial charge >= 0.3 is 0 Å². The zero-order valence-corrected chi connectivity index (χ0v) is 14.8. The van der Waals surface area contributed by atoms with Crippen molar-refractivity contribution >= 4 is 21.8 Å². The fourth-order valence-electron chi connectivity index (χ4n) is 2.15. The van der Waals surface area contributed by atoms with Gasteiger partial charge in [0, 0.05) is 16.6 Å². The summed E-state index contributed by atoms with van der Waals surface area (Å²) in [6.07, 6.45) is 0. The molecule has 2 rings (SSSR count). The van der Waals surface area contributed by atoms with Crippen molar-refractivity contribution in [3.63, 3.8) is 0 Å². The zero-order valence-electron chi connectivity index (χ0n) is 13.2. The molecule has 0 fully saturated rings. The molecule has 0 radical (unpaired) electrons. The van der Waals surface area contributed by atoms with Crippen LogP contribution in [-0.4, -0.2) is 27.2 Å². The lowest BCUT2D eigenvalue weighted by Crippen LogP contribution is -2.22. The largest absolute Gasteiger partial charge is 0.493 e. The van der Waals surface area contributed by atoms with Gasteiger partial charge in [-0.2, -0.15) is 0 Å². The van der Waals surface area contributed by atoms with Crippen molar-refractivity contribution in [2.75, 3.05) is 21.3 Å². The summed E-state index contributed by atoms with van der Waals surface area (Å²) < 4.78 is 16.7. The Morgan fingerprint density at radius 1 is 1.04 bits per heavy atom. The monoisotopic (exact) mass is 379 g/mol. The van der Waals surface area contributed by atoms with Crippen LogP contribution >= 0.6 is 15.9 Å². The molecule has 0 aliphatic carbocycles. The van der Waals surface area contributed by atoms with Crippen molar-refractivity contribution in [1.82, 2.24) is 5.32 Å². The summed E-state index contributed by atoms with van der Waals surface area (Å²) >= 11 is 3.35. The molecule has 0 aliphatic rings. The van der Waals surface area contributed by atoms with E-state index < -0.39 is 0 Å². The summed E-state index contributed by atoms with van der Waals surface area (Å²) in [7, 11) is 4.66. The molecule has 2 aromatic carbocycles. The van der Waals surface area contributed by atoms with Crippen LogP contribution in [0.25, 0.3) is 0 Å². The lowest BCUT2D eigenvalue weighted by atomic mass is 10.1. The molecule has 6 heteroatoms. The molecule has 1 N–H and O–H groups in total. The number of halogens is 1. The predicted molar refractivity (Wildman–Crippen MR) is 91.4 cm³/mol. The zero-order chi connectivity index (χ0) is 16.8. The summed E-state index contributed by atoms with van der Waals surface area (Å²) in [5.74, 6) is 1.48. The molecule has 0 heterocycles. The van der Waals surface area contributed by atoms with Crippen LogP contribution < -0.4 is 19.5 Å². The number of methoxy groups -OCH3 is 3. The van der Waals surface area contributed by atoms with Crippen molar-refractivity contribution in [3.8, 4) is 17.2 Å². The van der Waals surface area contributed by atoms with Gasteiger partial charge in [-0.1, -0.05) is 22.0 Å². The molecule has 0 atom stereocenters. The highest BCUT2D eigenvalue weighted by atomic mass is 79.9. The molecule has 0 aliphatic heterocycles. The summed E-state index contributed by atoms with van der Waals surface area (Å²) in [5.41, 5.74) is 1.44. The van der Waals surface area contributed by atoms with E-state index in [0.717, 1.165) is 10.0 Å². The van der Waals surface area contributed by atoms with Crippen molar-refractivity contribution in [1.29, 1.82) is 0 Å². The number of ether oxygens (including phenoxy) is 3. The Hall–Kier alpha value is -2.21. The fraction of sp³-hybridized carbons (Fsp3) is 0.235. The molecule has 23 heavy (non-hydrogen) atoms. The minimum atomic E-state index is -0.153.